The van der Waals surface area contributed by atoms with Crippen LogP contribution in [-0.4, -0.2) is 34.2 Å². The van der Waals surface area contributed by atoms with Gasteiger partial charge in [-0.2, -0.15) is 0 Å². The molecule has 0 heterocycles. The molecule has 52 heavy (non-hydrogen) atoms. The van der Waals surface area contributed by atoms with E-state index in [0.29, 0.717) is 45.7 Å². The number of anilines is 4. The summed E-state index contributed by atoms with van der Waals surface area (Å²) in [5, 5.41) is 0. The highest BCUT2D eigenvalue weighted by molar-refractivity contribution is 5.96. The highest BCUT2D eigenvalue weighted by Gasteiger charge is 2.32. The van der Waals surface area contributed by atoms with Gasteiger partial charge >= 0.3 is 0 Å². The largest absolute Gasteiger partial charge is 0.495 e. The fourth-order valence-electron chi connectivity index (χ4n) is 6.44. The summed E-state index contributed by atoms with van der Waals surface area (Å²) in [7, 11) is 6.31. The van der Waals surface area contributed by atoms with Crippen molar-refractivity contribution in [3.63, 3.8) is 0 Å². The molecule has 0 amide bonds. The minimum atomic E-state index is -0.634. The summed E-state index contributed by atoms with van der Waals surface area (Å²) in [6, 6.07) is 22.3. The monoisotopic (exact) mass is 702 g/mol. The molecule has 4 aromatic carbocycles. The highest BCUT2D eigenvalue weighted by Crippen LogP contribution is 2.37. The number of rotatable bonds is 14. The predicted octanol–water partition coefficient (Wildman–Crippen LogP) is 8.57. The van der Waals surface area contributed by atoms with Crippen molar-refractivity contribution < 1.29 is 23.7 Å². The van der Waals surface area contributed by atoms with Crippen molar-refractivity contribution in [2.75, 3.05) is 51.4 Å². The van der Waals surface area contributed by atoms with Crippen LogP contribution in [0.15, 0.2) is 95.1 Å². The van der Waals surface area contributed by atoms with Crippen molar-refractivity contribution in [3.05, 3.63) is 117 Å². The Kier molecular flexibility index (Phi) is 12.8. The summed E-state index contributed by atoms with van der Waals surface area (Å²) < 4.78 is 22.0. The number of nitrogen functional groups attached to an aromatic ring is 4. The van der Waals surface area contributed by atoms with E-state index in [2.05, 4.69) is 0 Å². The average molecular weight is 703 g/mol. The van der Waals surface area contributed by atoms with Crippen LogP contribution in [0.1, 0.15) is 49.9 Å². The van der Waals surface area contributed by atoms with Crippen LogP contribution in [0.25, 0.3) is 24.3 Å². The molecule has 0 saturated carbocycles. The SMILES string of the molecule is COc1cc(C=C(C)C(C(=O)C(C(C)=Cc2ccc(N)c(OC)c2)C(C)=Cc2ccc(N)c(OC)c2)C(C)=Cc2ccc(N)c(OC)c2)ccc1N. The van der Waals surface area contributed by atoms with E-state index < -0.39 is 11.8 Å². The van der Waals surface area contributed by atoms with Gasteiger partial charge in [-0.1, -0.05) is 70.9 Å². The number of Topliss-reactive ketones (excluding diaryl/α,β-unsaturated/α-hetero) is 1. The van der Waals surface area contributed by atoms with Crippen LogP contribution in [-0.2, 0) is 4.79 Å². The number of methoxy groups -OCH3 is 4. The van der Waals surface area contributed by atoms with Crippen LogP contribution in [0.4, 0.5) is 22.7 Å². The van der Waals surface area contributed by atoms with Crippen molar-refractivity contribution in [3.8, 4) is 23.0 Å². The molecule has 9 nitrogen and oxygen atoms in total. The zero-order valence-electron chi connectivity index (χ0n) is 31.2. The maximum absolute atomic E-state index is 15.3. The number of carbonyl (C=O) groups excluding carboxylic acids is 1. The molecule has 0 aliphatic heterocycles. The molecule has 272 valence electrons. The first-order chi connectivity index (χ1) is 24.8. The molecule has 0 aliphatic rings. The maximum Gasteiger partial charge on any atom is 0.155 e. The quantitative estimate of drug-likeness (QED) is 0.0945. The van der Waals surface area contributed by atoms with E-state index in [4.69, 9.17) is 41.9 Å². The van der Waals surface area contributed by atoms with Crippen LogP contribution >= 0.6 is 0 Å². The van der Waals surface area contributed by atoms with E-state index >= 15 is 4.79 Å². The lowest BCUT2D eigenvalue weighted by molar-refractivity contribution is -0.122. The summed E-state index contributed by atoms with van der Waals surface area (Å²) in [5.74, 6) is 0.937. The van der Waals surface area contributed by atoms with E-state index in [0.717, 1.165) is 44.5 Å². The molecule has 0 fully saturated rings. The lowest BCUT2D eigenvalue weighted by Gasteiger charge is -2.26. The second-order valence-corrected chi connectivity index (χ2v) is 12.8. The molecule has 0 unspecified atom stereocenters. The molecular weight excluding hydrogens is 652 g/mol. The number of hydrogen-bond acceptors (Lipinski definition) is 9. The first kappa shape index (κ1) is 38.7. The second kappa shape index (κ2) is 17.2. The van der Waals surface area contributed by atoms with Gasteiger partial charge in [0.1, 0.15) is 23.0 Å². The first-order valence-corrected chi connectivity index (χ1v) is 16.8. The molecule has 9 heteroatoms. The molecule has 0 spiro atoms. The second-order valence-electron chi connectivity index (χ2n) is 12.8. The third-order valence-corrected chi connectivity index (χ3v) is 9.00. The van der Waals surface area contributed by atoms with Crippen molar-refractivity contribution in [2.24, 2.45) is 11.8 Å². The number of ether oxygens (including phenoxy) is 4. The summed E-state index contributed by atoms with van der Waals surface area (Å²) in [5.41, 5.74) is 33.3. The lowest BCUT2D eigenvalue weighted by Crippen LogP contribution is -2.27. The number of allylic oxidation sites excluding steroid dienone is 4. The molecule has 0 radical (unpaired) electrons. The topological polar surface area (TPSA) is 158 Å². The molecule has 0 saturated heterocycles. The van der Waals surface area contributed by atoms with Crippen molar-refractivity contribution in [1.82, 2.24) is 0 Å². The fourth-order valence-corrected chi connectivity index (χ4v) is 6.44. The van der Waals surface area contributed by atoms with Crippen LogP contribution < -0.4 is 41.9 Å². The lowest BCUT2D eigenvalue weighted by atomic mass is 9.76. The maximum atomic E-state index is 15.3. The van der Waals surface area contributed by atoms with Crippen LogP contribution in [0, 0.1) is 11.8 Å². The van der Waals surface area contributed by atoms with Gasteiger partial charge in [-0.25, -0.2) is 0 Å². The van der Waals surface area contributed by atoms with Crippen LogP contribution in [0.5, 0.6) is 23.0 Å². The predicted molar refractivity (Wildman–Crippen MR) is 216 cm³/mol. The number of nitrogens with two attached hydrogens (primary N) is 4. The van der Waals surface area contributed by atoms with E-state index in [9.17, 15) is 0 Å². The highest BCUT2D eigenvalue weighted by atomic mass is 16.5. The normalized spacial score (nSPS) is 13.7. The molecule has 0 bridgehead atoms. The Morgan fingerprint density at radius 3 is 0.846 bits per heavy atom. The molecule has 4 aromatic rings. The van der Waals surface area contributed by atoms with Gasteiger partial charge in [-0.15, -0.1) is 0 Å². The van der Waals surface area contributed by atoms with E-state index in [1.165, 1.54) is 0 Å². The third-order valence-electron chi connectivity index (χ3n) is 9.00. The Balaban J connectivity index is 1.94. The minimum absolute atomic E-state index is 0.0142. The number of ketones is 1. The summed E-state index contributed by atoms with van der Waals surface area (Å²) in [6.45, 7) is 7.88. The Hall–Kier alpha value is -6.09. The number of benzene rings is 4. The van der Waals surface area contributed by atoms with Gasteiger partial charge in [0.15, 0.2) is 5.78 Å². The average Bonchev–Trinajstić information content (AvgIpc) is 3.11. The zero-order chi connectivity index (χ0) is 38.1. The molecule has 0 aliphatic carbocycles. The summed E-state index contributed by atoms with van der Waals surface area (Å²) >= 11 is 0. The van der Waals surface area contributed by atoms with Crippen molar-refractivity contribution in [2.45, 2.75) is 27.7 Å². The first-order valence-electron chi connectivity index (χ1n) is 16.8. The molecule has 0 atom stereocenters. The van der Waals surface area contributed by atoms with Gasteiger partial charge in [0, 0.05) is 0 Å². The van der Waals surface area contributed by atoms with Crippen molar-refractivity contribution in [1.29, 1.82) is 0 Å². The fraction of sp³-hybridized carbons (Fsp3) is 0.233. The summed E-state index contributed by atoms with van der Waals surface area (Å²) in [6.07, 6.45) is 7.99. The van der Waals surface area contributed by atoms with Gasteiger partial charge in [0.2, 0.25) is 0 Å². The molecule has 8 N–H and O–H groups in total. The van der Waals surface area contributed by atoms with Gasteiger partial charge in [0.25, 0.3) is 0 Å². The van der Waals surface area contributed by atoms with Gasteiger partial charge in [-0.05, 0) is 98.5 Å². The van der Waals surface area contributed by atoms with Crippen LogP contribution in [0.2, 0.25) is 0 Å². The van der Waals surface area contributed by atoms with Gasteiger partial charge < -0.3 is 41.9 Å². The van der Waals surface area contributed by atoms with Gasteiger partial charge in [-0.3, -0.25) is 4.79 Å². The Bertz CT molecular complexity index is 1780. The van der Waals surface area contributed by atoms with E-state index in [1.807, 2.05) is 101 Å². The van der Waals surface area contributed by atoms with E-state index in [1.54, 1.807) is 52.7 Å². The number of hydrogen-bond donors (Lipinski definition) is 4. The van der Waals surface area contributed by atoms with Gasteiger partial charge in [0.05, 0.1) is 63.0 Å². The Morgan fingerprint density at radius 2 is 0.654 bits per heavy atom. The molecule has 4 rings (SSSR count). The van der Waals surface area contributed by atoms with E-state index in [-0.39, 0.29) is 5.78 Å². The number of carbonyl (C=O) groups is 1. The standard InChI is InChI=1S/C43H50N4O5/c1-25(17-29-9-13-33(44)37(21-29)49-5)41(26(2)18-30-10-14-34(45)38(22-30)50-6)43(48)42(27(3)19-31-11-15-35(46)39(23-31)51-7)28(4)20-32-12-16-36(47)40(24-32)52-8/h9-24,41-42H,44-47H2,1-8H3. The third kappa shape index (κ3) is 9.17. The van der Waals surface area contributed by atoms with Crippen LogP contribution in [0.3, 0.4) is 0 Å². The summed E-state index contributed by atoms with van der Waals surface area (Å²) in [4.78, 5) is 15.3. The zero-order valence-corrected chi connectivity index (χ0v) is 31.2. The smallest absolute Gasteiger partial charge is 0.155 e. The Morgan fingerprint density at radius 1 is 0.442 bits per heavy atom. The molecular formula is C43H50N4O5. The van der Waals surface area contributed by atoms with Crippen molar-refractivity contribution >= 4 is 52.8 Å². The molecule has 0 aromatic heterocycles. The Labute approximate surface area is 307 Å². The minimum Gasteiger partial charge on any atom is -0.495 e.